The molecule has 0 radical (unpaired) electrons. The number of hydrogen-bond acceptors (Lipinski definition) is 8. The van der Waals surface area contributed by atoms with Crippen LogP contribution in [0.2, 0.25) is 0 Å². The van der Waals surface area contributed by atoms with Gasteiger partial charge in [-0.2, -0.15) is 8.78 Å². The Bertz CT molecular complexity index is 1410. The van der Waals surface area contributed by atoms with Gasteiger partial charge in [0.15, 0.2) is 0 Å². The average molecular weight is 484 g/mol. The summed E-state index contributed by atoms with van der Waals surface area (Å²) in [6, 6.07) is 12.9. The molecule has 0 bridgehead atoms. The Labute approximate surface area is 196 Å². The number of alkyl halides is 2. The minimum absolute atomic E-state index is 0.0512. The van der Waals surface area contributed by atoms with E-state index in [1.165, 1.54) is 12.1 Å². The summed E-state index contributed by atoms with van der Waals surface area (Å²) in [6.07, 6.45) is -2.93. The van der Waals surface area contributed by atoms with Gasteiger partial charge >= 0.3 is 6.43 Å². The maximum absolute atomic E-state index is 15.1. The summed E-state index contributed by atoms with van der Waals surface area (Å²) in [4.78, 5) is 28.6. The topological polar surface area (TPSA) is 88.8 Å². The van der Waals surface area contributed by atoms with Gasteiger partial charge in [0.1, 0.15) is 17.2 Å². The quantitative estimate of drug-likeness (QED) is 0.368. The van der Waals surface area contributed by atoms with Gasteiger partial charge in [-0.05, 0) is 24.3 Å². The number of para-hydroxylation sites is 1. The number of hydrogen-bond donors (Lipinski definition) is 0. The van der Waals surface area contributed by atoms with Gasteiger partial charge in [-0.15, -0.1) is 10.2 Å². The fraction of sp³-hybridized carbons (Fsp3) is 0.250. The standard InChI is InChI=1S/C24H19F3N4O4/c25-17-12-14(23-28-29-24(35-23)22(26)27)6-7-15(17)13-31(16-4-2-1-3-5-16)19-18(20(32)21(19)33)30-8-10-34-11-9-30/h1-7,12,22H,8-11,13H2. The first kappa shape index (κ1) is 22.8. The fourth-order valence-electron chi connectivity index (χ4n) is 4.02. The molecule has 1 aromatic heterocycles. The first-order valence-corrected chi connectivity index (χ1v) is 10.8. The van der Waals surface area contributed by atoms with Crippen LogP contribution in [0.25, 0.3) is 11.5 Å². The van der Waals surface area contributed by atoms with Gasteiger partial charge in [0.2, 0.25) is 5.89 Å². The normalized spacial score (nSPS) is 14.1. The van der Waals surface area contributed by atoms with Gasteiger partial charge in [0, 0.05) is 29.9 Å². The Morgan fingerprint density at radius 3 is 2.40 bits per heavy atom. The average Bonchev–Trinajstić information content (AvgIpc) is 3.38. The molecule has 4 aromatic rings. The monoisotopic (exact) mass is 484 g/mol. The van der Waals surface area contributed by atoms with E-state index in [2.05, 4.69) is 10.2 Å². The zero-order valence-electron chi connectivity index (χ0n) is 18.3. The van der Waals surface area contributed by atoms with E-state index in [4.69, 9.17) is 9.15 Å². The van der Waals surface area contributed by atoms with Crippen LogP contribution in [0.1, 0.15) is 17.9 Å². The minimum atomic E-state index is -2.93. The lowest BCUT2D eigenvalue weighted by Crippen LogP contribution is -2.48. The molecule has 180 valence electrons. The highest BCUT2D eigenvalue weighted by Gasteiger charge is 2.32. The van der Waals surface area contributed by atoms with Gasteiger partial charge in [0.25, 0.3) is 16.7 Å². The van der Waals surface area contributed by atoms with Crippen molar-refractivity contribution in [2.45, 2.75) is 13.0 Å². The van der Waals surface area contributed by atoms with Crippen LogP contribution in [0.4, 0.5) is 30.2 Å². The van der Waals surface area contributed by atoms with E-state index in [1.54, 1.807) is 35.2 Å². The molecule has 35 heavy (non-hydrogen) atoms. The van der Waals surface area contributed by atoms with Crippen LogP contribution in [-0.4, -0.2) is 36.5 Å². The summed E-state index contributed by atoms with van der Waals surface area (Å²) in [5, 5.41) is 6.79. The summed E-state index contributed by atoms with van der Waals surface area (Å²) in [6.45, 7) is 1.75. The van der Waals surface area contributed by atoms with Crippen molar-refractivity contribution in [2.24, 2.45) is 0 Å². The molecule has 11 heteroatoms. The number of benzene rings is 2. The molecule has 1 aliphatic heterocycles. The molecule has 8 nitrogen and oxygen atoms in total. The molecule has 1 saturated heterocycles. The maximum Gasteiger partial charge on any atom is 0.314 e. The Morgan fingerprint density at radius 1 is 1.00 bits per heavy atom. The zero-order chi connectivity index (χ0) is 24.5. The Kier molecular flexibility index (Phi) is 6.08. The number of ether oxygens (including phenoxy) is 1. The summed E-state index contributed by atoms with van der Waals surface area (Å²) in [5.74, 6) is -1.75. The fourth-order valence-corrected chi connectivity index (χ4v) is 4.02. The van der Waals surface area contributed by atoms with Crippen LogP contribution in [0.15, 0.2) is 62.5 Å². The van der Waals surface area contributed by atoms with Crippen LogP contribution in [0.5, 0.6) is 0 Å². The first-order chi connectivity index (χ1) is 16.9. The molecule has 0 amide bonds. The van der Waals surface area contributed by atoms with Crippen molar-refractivity contribution < 1.29 is 22.3 Å². The molecule has 3 aromatic carbocycles. The summed E-state index contributed by atoms with van der Waals surface area (Å²) in [5.41, 5.74) is 0.237. The molecule has 0 spiro atoms. The van der Waals surface area contributed by atoms with Crippen molar-refractivity contribution in [3.63, 3.8) is 0 Å². The molecule has 1 fully saturated rings. The minimum Gasteiger partial charge on any atom is -0.415 e. The van der Waals surface area contributed by atoms with Crippen molar-refractivity contribution in [3.8, 4) is 11.5 Å². The molecule has 0 unspecified atom stereocenters. The van der Waals surface area contributed by atoms with Crippen molar-refractivity contribution in [1.82, 2.24) is 10.2 Å². The highest BCUT2D eigenvalue weighted by molar-refractivity contribution is 5.81. The molecule has 2 heterocycles. The first-order valence-electron chi connectivity index (χ1n) is 10.8. The Hall–Kier alpha value is -3.99. The van der Waals surface area contributed by atoms with Crippen LogP contribution < -0.4 is 20.7 Å². The van der Waals surface area contributed by atoms with Crippen LogP contribution in [0, 0.1) is 5.82 Å². The number of halogens is 3. The number of morpholine rings is 1. The molecule has 0 saturated carbocycles. The lowest BCUT2D eigenvalue weighted by atomic mass is 10.1. The van der Waals surface area contributed by atoms with E-state index in [-0.39, 0.29) is 29.2 Å². The highest BCUT2D eigenvalue weighted by Crippen LogP contribution is 2.34. The molecular weight excluding hydrogens is 465 g/mol. The summed E-state index contributed by atoms with van der Waals surface area (Å²) >= 11 is 0. The predicted octanol–water partition coefficient (Wildman–Crippen LogP) is 3.58. The second kappa shape index (κ2) is 9.34. The number of aromatic nitrogens is 2. The lowest BCUT2D eigenvalue weighted by Gasteiger charge is -2.35. The Morgan fingerprint density at radius 2 is 1.74 bits per heavy atom. The second-order valence-electron chi connectivity index (χ2n) is 7.93. The third-order valence-corrected chi connectivity index (χ3v) is 5.78. The van der Waals surface area contributed by atoms with Crippen molar-refractivity contribution in [3.05, 3.63) is 86.2 Å². The summed E-state index contributed by atoms with van der Waals surface area (Å²) in [7, 11) is 0. The zero-order valence-corrected chi connectivity index (χ0v) is 18.3. The van der Waals surface area contributed by atoms with Crippen LogP contribution in [0.3, 0.4) is 0 Å². The second-order valence-corrected chi connectivity index (χ2v) is 7.93. The number of rotatable bonds is 7. The maximum atomic E-state index is 15.1. The van der Waals surface area contributed by atoms with Crippen molar-refractivity contribution in [1.29, 1.82) is 0 Å². The lowest BCUT2D eigenvalue weighted by molar-refractivity contribution is 0.116. The smallest absolute Gasteiger partial charge is 0.314 e. The molecule has 0 N–H and O–H groups in total. The molecule has 1 aliphatic rings. The number of anilines is 3. The van der Waals surface area contributed by atoms with Gasteiger partial charge in [-0.25, -0.2) is 4.39 Å². The molecule has 0 atom stereocenters. The van der Waals surface area contributed by atoms with Crippen molar-refractivity contribution in [2.75, 3.05) is 36.1 Å². The highest BCUT2D eigenvalue weighted by atomic mass is 19.3. The summed E-state index contributed by atoms with van der Waals surface area (Å²) < 4.78 is 50.9. The van der Waals surface area contributed by atoms with E-state index < -0.39 is 29.0 Å². The van der Waals surface area contributed by atoms with Crippen LogP contribution >= 0.6 is 0 Å². The van der Waals surface area contributed by atoms with E-state index in [0.717, 1.165) is 6.07 Å². The molecule has 5 rings (SSSR count). The predicted molar refractivity (Wildman–Crippen MR) is 121 cm³/mol. The van der Waals surface area contributed by atoms with Crippen molar-refractivity contribution >= 4 is 17.1 Å². The van der Waals surface area contributed by atoms with Crippen LogP contribution in [-0.2, 0) is 11.3 Å². The van der Waals surface area contributed by atoms with E-state index in [9.17, 15) is 18.4 Å². The third-order valence-electron chi connectivity index (χ3n) is 5.78. The van der Waals surface area contributed by atoms with E-state index in [0.29, 0.717) is 37.7 Å². The molecule has 0 aliphatic carbocycles. The molecular formula is C24H19F3N4O4. The third kappa shape index (κ3) is 4.30. The Balaban J connectivity index is 1.50. The van der Waals surface area contributed by atoms with E-state index >= 15 is 4.39 Å². The van der Waals surface area contributed by atoms with Gasteiger partial charge < -0.3 is 19.0 Å². The van der Waals surface area contributed by atoms with Gasteiger partial charge in [-0.3, -0.25) is 9.59 Å². The van der Waals surface area contributed by atoms with Gasteiger partial charge in [-0.1, -0.05) is 24.3 Å². The number of nitrogens with zero attached hydrogens (tertiary/aromatic N) is 4. The van der Waals surface area contributed by atoms with Gasteiger partial charge in [0.05, 0.1) is 19.8 Å². The SMILES string of the molecule is O=c1c(N2CCOCC2)c(N(Cc2ccc(-c3nnc(C(F)F)o3)cc2F)c2ccccc2)c1=O. The largest absolute Gasteiger partial charge is 0.415 e. The van der Waals surface area contributed by atoms with E-state index in [1.807, 2.05) is 4.90 Å².